The van der Waals surface area contributed by atoms with Gasteiger partial charge in [0.15, 0.2) is 6.10 Å². The fraction of sp³-hybridized carbons (Fsp3) is 0.364. The summed E-state index contributed by atoms with van der Waals surface area (Å²) in [5, 5.41) is 21.5. The summed E-state index contributed by atoms with van der Waals surface area (Å²) in [6, 6.07) is 7.10. The molecule has 0 bridgehead atoms. The van der Waals surface area contributed by atoms with E-state index >= 15 is 0 Å². The van der Waals surface area contributed by atoms with E-state index in [1.807, 2.05) is 19.1 Å². The van der Waals surface area contributed by atoms with E-state index in [9.17, 15) is 15.0 Å². The van der Waals surface area contributed by atoms with Crippen molar-refractivity contribution in [2.24, 2.45) is 0 Å². The number of ether oxygens (including phenoxy) is 1. The zero-order chi connectivity index (χ0) is 19.8. The first-order valence-corrected chi connectivity index (χ1v) is 10.4. The number of para-hydroxylation sites is 1. The Kier molecular flexibility index (Phi) is 5.08. The molecule has 6 heteroatoms. The van der Waals surface area contributed by atoms with Gasteiger partial charge in [0.05, 0.1) is 0 Å². The number of aromatic hydroxyl groups is 1. The molecule has 1 aliphatic rings. The van der Waals surface area contributed by atoms with Gasteiger partial charge in [-0.2, -0.15) is 0 Å². The third kappa shape index (κ3) is 3.06. The highest BCUT2D eigenvalue weighted by Crippen LogP contribution is 2.46. The van der Waals surface area contributed by atoms with Crippen molar-refractivity contribution >= 4 is 27.5 Å². The van der Waals surface area contributed by atoms with Crippen LogP contribution in [0, 0.1) is 6.92 Å². The number of carbonyl (C=O) groups is 1. The number of aliphatic carboxylic acids is 1. The third-order valence-corrected chi connectivity index (χ3v) is 6.51. The Hall–Kier alpha value is -2.44. The quantitative estimate of drug-likeness (QED) is 0.632. The molecular weight excluding hydrogens is 374 g/mol. The van der Waals surface area contributed by atoms with Gasteiger partial charge in [0.2, 0.25) is 0 Å². The van der Waals surface area contributed by atoms with Crippen molar-refractivity contribution in [2.75, 3.05) is 6.61 Å². The molecule has 0 fully saturated rings. The maximum absolute atomic E-state index is 12.1. The number of phenols is 1. The number of nitrogens with zero attached hydrogens (tertiary/aromatic N) is 1. The molecule has 2 aromatic heterocycles. The first-order valence-electron chi connectivity index (χ1n) is 9.60. The van der Waals surface area contributed by atoms with E-state index in [4.69, 9.17) is 9.72 Å². The Labute approximate surface area is 167 Å². The maximum atomic E-state index is 12.1. The lowest BCUT2D eigenvalue weighted by Gasteiger charge is -2.21. The van der Waals surface area contributed by atoms with Gasteiger partial charge in [-0.15, -0.1) is 11.3 Å². The van der Waals surface area contributed by atoms with Gasteiger partial charge < -0.3 is 14.9 Å². The Morgan fingerprint density at radius 2 is 2.04 bits per heavy atom. The van der Waals surface area contributed by atoms with Gasteiger partial charge in [-0.05, 0) is 51.2 Å². The molecule has 0 aliphatic heterocycles. The van der Waals surface area contributed by atoms with Gasteiger partial charge in [0.25, 0.3) is 0 Å². The molecule has 0 saturated carbocycles. The van der Waals surface area contributed by atoms with Gasteiger partial charge in [-0.3, -0.25) is 0 Å². The van der Waals surface area contributed by atoms with Crippen molar-refractivity contribution in [1.82, 2.24) is 4.98 Å². The van der Waals surface area contributed by atoms with E-state index in [0.717, 1.165) is 41.5 Å². The van der Waals surface area contributed by atoms with Crippen molar-refractivity contribution in [3.05, 3.63) is 46.0 Å². The monoisotopic (exact) mass is 397 g/mol. The van der Waals surface area contributed by atoms with Crippen molar-refractivity contribution in [2.45, 2.75) is 45.6 Å². The lowest BCUT2D eigenvalue weighted by molar-refractivity contribution is -0.150. The molecule has 2 N–H and O–H groups in total. The Balaban J connectivity index is 2.13. The fourth-order valence-electron chi connectivity index (χ4n) is 4.15. The number of thiophene rings is 1. The summed E-state index contributed by atoms with van der Waals surface area (Å²) in [5.74, 6) is -0.918. The summed E-state index contributed by atoms with van der Waals surface area (Å²) in [5.41, 5.74) is 3.80. The minimum absolute atomic E-state index is 0.132. The van der Waals surface area contributed by atoms with Gasteiger partial charge in [0.1, 0.15) is 10.6 Å². The third-order valence-electron chi connectivity index (χ3n) is 5.32. The minimum Gasteiger partial charge on any atom is -0.507 e. The summed E-state index contributed by atoms with van der Waals surface area (Å²) in [6.07, 6.45) is 3.12. The van der Waals surface area contributed by atoms with E-state index in [-0.39, 0.29) is 12.4 Å². The number of pyridine rings is 1. The van der Waals surface area contributed by atoms with E-state index in [1.54, 1.807) is 30.4 Å². The van der Waals surface area contributed by atoms with Crippen LogP contribution in [0.2, 0.25) is 0 Å². The molecule has 1 aromatic carbocycles. The van der Waals surface area contributed by atoms with Crippen LogP contribution >= 0.6 is 11.3 Å². The number of aryl methyl sites for hydroxylation is 3. The molecule has 0 radical (unpaired) electrons. The molecule has 5 nitrogen and oxygen atoms in total. The highest BCUT2D eigenvalue weighted by Gasteiger charge is 2.31. The molecule has 0 saturated heterocycles. The van der Waals surface area contributed by atoms with Crippen molar-refractivity contribution in [3.8, 4) is 16.9 Å². The molecule has 4 rings (SSSR count). The summed E-state index contributed by atoms with van der Waals surface area (Å²) < 4.78 is 5.62. The van der Waals surface area contributed by atoms with E-state index in [2.05, 4.69) is 0 Å². The van der Waals surface area contributed by atoms with E-state index in [0.29, 0.717) is 16.8 Å². The number of fused-ring (bicyclic) bond motifs is 3. The Morgan fingerprint density at radius 1 is 1.29 bits per heavy atom. The predicted molar refractivity (Wildman–Crippen MR) is 110 cm³/mol. The second kappa shape index (κ2) is 7.53. The van der Waals surface area contributed by atoms with Crippen LogP contribution in [0.1, 0.15) is 47.6 Å². The molecule has 1 atom stereocenters. The summed E-state index contributed by atoms with van der Waals surface area (Å²) in [6.45, 7) is 3.88. The number of carboxylic acid groups (broad SMARTS) is 1. The van der Waals surface area contributed by atoms with Crippen LogP contribution in [0.15, 0.2) is 24.3 Å². The van der Waals surface area contributed by atoms with Crippen LogP contribution < -0.4 is 0 Å². The Morgan fingerprint density at radius 3 is 2.75 bits per heavy atom. The molecule has 1 aliphatic carbocycles. The maximum Gasteiger partial charge on any atom is 0.337 e. The normalized spacial score (nSPS) is 14.8. The highest BCUT2D eigenvalue weighted by atomic mass is 32.1. The van der Waals surface area contributed by atoms with Crippen LogP contribution in [0.4, 0.5) is 0 Å². The number of carboxylic acids is 1. The molecule has 28 heavy (non-hydrogen) atoms. The van der Waals surface area contributed by atoms with Gasteiger partial charge >= 0.3 is 5.97 Å². The largest absolute Gasteiger partial charge is 0.507 e. The fourth-order valence-corrected chi connectivity index (χ4v) is 5.46. The van der Waals surface area contributed by atoms with E-state index in [1.165, 1.54) is 10.4 Å². The number of benzene rings is 1. The minimum atomic E-state index is -1.13. The average Bonchev–Trinajstić information content (AvgIpc) is 3.03. The predicted octanol–water partition coefficient (Wildman–Crippen LogP) is 5.02. The van der Waals surface area contributed by atoms with Gasteiger partial charge in [-0.25, -0.2) is 9.78 Å². The van der Waals surface area contributed by atoms with Gasteiger partial charge in [-0.1, -0.05) is 18.2 Å². The van der Waals surface area contributed by atoms with Crippen LogP contribution in [0.3, 0.4) is 0 Å². The van der Waals surface area contributed by atoms with Crippen molar-refractivity contribution < 1.29 is 19.7 Å². The van der Waals surface area contributed by atoms with E-state index < -0.39 is 12.1 Å². The number of hydrogen-bond acceptors (Lipinski definition) is 5. The lowest BCUT2D eigenvalue weighted by atomic mass is 9.88. The Bertz CT molecular complexity index is 1060. The molecule has 0 amide bonds. The summed E-state index contributed by atoms with van der Waals surface area (Å²) >= 11 is 1.69. The first-order chi connectivity index (χ1) is 13.5. The topological polar surface area (TPSA) is 79.7 Å². The molecular formula is C22H23NO4S. The highest BCUT2D eigenvalue weighted by molar-refractivity contribution is 7.19. The second-order valence-electron chi connectivity index (χ2n) is 7.07. The molecule has 3 aromatic rings. The molecule has 0 spiro atoms. The molecule has 2 heterocycles. The number of rotatable bonds is 5. The van der Waals surface area contributed by atoms with Crippen molar-refractivity contribution in [1.29, 1.82) is 0 Å². The molecule has 146 valence electrons. The van der Waals surface area contributed by atoms with Gasteiger partial charge in [0, 0.05) is 39.3 Å². The van der Waals surface area contributed by atoms with Crippen molar-refractivity contribution in [3.63, 3.8) is 0 Å². The smallest absolute Gasteiger partial charge is 0.337 e. The number of phenolic OH excluding ortho intramolecular Hbond substituents is 1. The summed E-state index contributed by atoms with van der Waals surface area (Å²) in [7, 11) is 0. The van der Waals surface area contributed by atoms with Crippen LogP contribution in [-0.2, 0) is 22.4 Å². The SMILES string of the molecule is CCO[C@H](C(=O)O)c1c(C)nc2sc3c(c2c1-c1ccccc1O)CCCC3. The zero-order valence-corrected chi connectivity index (χ0v) is 16.8. The number of aromatic nitrogens is 1. The molecule has 0 unspecified atom stereocenters. The number of hydrogen-bond donors (Lipinski definition) is 2. The average molecular weight is 397 g/mol. The standard InChI is InChI=1S/C22H23NO4S/c1-3-27-20(22(25)26)17-12(2)23-21-19(14-9-5-7-11-16(14)28-21)18(17)13-8-4-6-10-15(13)24/h4,6,8,10,20,24H,3,5,7,9,11H2,1-2H3,(H,25,26)/t20-/m0/s1. The first kappa shape index (κ1) is 18.9. The summed E-state index contributed by atoms with van der Waals surface area (Å²) in [4.78, 5) is 19.1. The lowest BCUT2D eigenvalue weighted by Crippen LogP contribution is -2.18. The zero-order valence-electron chi connectivity index (χ0n) is 16.0. The van der Waals surface area contributed by atoms with Crippen LogP contribution in [0.5, 0.6) is 5.75 Å². The van der Waals surface area contributed by atoms with Crippen LogP contribution in [-0.4, -0.2) is 27.8 Å². The second-order valence-corrected chi connectivity index (χ2v) is 8.15. The van der Waals surface area contributed by atoms with Crippen LogP contribution in [0.25, 0.3) is 21.3 Å².